The Hall–Kier alpha value is -1.68. The van der Waals surface area contributed by atoms with E-state index < -0.39 is 0 Å². The van der Waals surface area contributed by atoms with Crippen molar-refractivity contribution in [2.45, 2.75) is 25.9 Å². The van der Waals surface area contributed by atoms with Crippen molar-refractivity contribution in [2.75, 3.05) is 33.7 Å². The van der Waals surface area contributed by atoms with Crippen molar-refractivity contribution in [1.82, 2.24) is 25.3 Å². The first-order valence-corrected chi connectivity index (χ1v) is 9.01. The van der Waals surface area contributed by atoms with E-state index >= 15 is 0 Å². The largest absolute Gasteiger partial charge is 0.357 e. The first kappa shape index (κ1) is 23.4. The molecule has 0 radical (unpaired) electrons. The predicted molar refractivity (Wildman–Crippen MR) is 119 cm³/mol. The average Bonchev–Trinajstić information content (AvgIpc) is 3.13. The number of aryl methyl sites for hydroxylation is 1. The highest BCUT2D eigenvalue weighted by atomic mass is 127. The number of aromatic nitrogens is 2. The van der Waals surface area contributed by atoms with E-state index in [9.17, 15) is 4.39 Å². The van der Waals surface area contributed by atoms with Crippen LogP contribution >= 0.6 is 24.0 Å². The number of nitrogens with one attached hydrogen (secondary N) is 2. The molecule has 0 fully saturated rings. The fourth-order valence-electron chi connectivity index (χ4n) is 2.65. The van der Waals surface area contributed by atoms with Gasteiger partial charge in [-0.2, -0.15) is 5.10 Å². The van der Waals surface area contributed by atoms with Gasteiger partial charge in [-0.3, -0.25) is 9.67 Å². The molecule has 1 heterocycles. The number of hydrogen-bond acceptors (Lipinski definition) is 3. The SMILES string of the molecule is CCNC(=NCC(c1ccc(F)cc1)N(C)C)NCCCn1cccn1.I. The molecule has 27 heavy (non-hydrogen) atoms. The minimum Gasteiger partial charge on any atom is -0.357 e. The first-order chi connectivity index (χ1) is 12.6. The molecule has 0 spiro atoms. The van der Waals surface area contributed by atoms with Gasteiger partial charge in [0.05, 0.1) is 12.6 Å². The lowest BCUT2D eigenvalue weighted by atomic mass is 10.1. The lowest BCUT2D eigenvalue weighted by molar-refractivity contribution is 0.306. The van der Waals surface area contributed by atoms with Gasteiger partial charge in [-0.05, 0) is 51.2 Å². The van der Waals surface area contributed by atoms with Crippen LogP contribution in [0, 0.1) is 5.82 Å². The summed E-state index contributed by atoms with van der Waals surface area (Å²) in [6.45, 7) is 5.12. The molecule has 1 aromatic heterocycles. The molecular formula is C19H30FIN6. The third-order valence-corrected chi connectivity index (χ3v) is 4.06. The van der Waals surface area contributed by atoms with E-state index in [0.717, 1.165) is 37.6 Å². The number of aliphatic imine (C=N–C) groups is 1. The monoisotopic (exact) mass is 488 g/mol. The summed E-state index contributed by atoms with van der Waals surface area (Å²) in [6.07, 6.45) is 4.71. The minimum atomic E-state index is -0.220. The highest BCUT2D eigenvalue weighted by Gasteiger charge is 2.14. The zero-order chi connectivity index (χ0) is 18.8. The highest BCUT2D eigenvalue weighted by Crippen LogP contribution is 2.18. The van der Waals surface area contributed by atoms with E-state index in [1.165, 1.54) is 12.1 Å². The Labute approximate surface area is 178 Å². The molecule has 0 saturated heterocycles. The molecule has 6 nitrogen and oxygen atoms in total. The number of guanidine groups is 1. The Kier molecular flexibility index (Phi) is 11.0. The van der Waals surface area contributed by atoms with Crippen LogP contribution in [0.4, 0.5) is 4.39 Å². The Morgan fingerprint density at radius 1 is 1.26 bits per heavy atom. The van der Waals surface area contributed by atoms with E-state index in [-0.39, 0.29) is 35.8 Å². The standard InChI is InChI=1S/C19H29FN6.HI/c1-4-21-19(22-11-5-13-26-14-6-12-24-26)23-15-18(25(2)3)16-7-9-17(20)10-8-16;/h6-10,12,14,18H,4-5,11,13,15H2,1-3H3,(H2,21,22,23);1H. The second-order valence-electron chi connectivity index (χ2n) is 6.30. The van der Waals surface area contributed by atoms with Crippen molar-refractivity contribution >= 4 is 29.9 Å². The Morgan fingerprint density at radius 2 is 2.00 bits per heavy atom. The number of rotatable bonds is 9. The summed E-state index contributed by atoms with van der Waals surface area (Å²) in [7, 11) is 4.02. The average molecular weight is 488 g/mol. The van der Waals surface area contributed by atoms with Crippen molar-refractivity contribution in [3.05, 3.63) is 54.1 Å². The molecule has 2 aromatic rings. The van der Waals surface area contributed by atoms with Gasteiger partial charge in [0, 0.05) is 32.0 Å². The summed E-state index contributed by atoms with van der Waals surface area (Å²) in [4.78, 5) is 6.80. The summed E-state index contributed by atoms with van der Waals surface area (Å²) in [5, 5.41) is 10.8. The molecule has 2 N–H and O–H groups in total. The molecule has 1 unspecified atom stereocenters. The molecule has 150 valence electrons. The number of likely N-dealkylation sites (N-methyl/N-ethyl adjacent to an activating group) is 1. The van der Waals surface area contributed by atoms with Crippen LogP contribution in [0.25, 0.3) is 0 Å². The normalized spacial score (nSPS) is 12.6. The van der Waals surface area contributed by atoms with E-state index in [0.29, 0.717) is 6.54 Å². The lowest BCUT2D eigenvalue weighted by Crippen LogP contribution is -2.38. The van der Waals surface area contributed by atoms with Gasteiger partial charge >= 0.3 is 0 Å². The summed E-state index contributed by atoms with van der Waals surface area (Å²) < 4.78 is 15.1. The quantitative estimate of drug-likeness (QED) is 0.247. The smallest absolute Gasteiger partial charge is 0.191 e. The molecule has 2 rings (SSSR count). The fraction of sp³-hybridized carbons (Fsp3) is 0.474. The van der Waals surface area contributed by atoms with Crippen LogP contribution in [0.15, 0.2) is 47.7 Å². The fourth-order valence-corrected chi connectivity index (χ4v) is 2.65. The van der Waals surface area contributed by atoms with Crippen LogP contribution < -0.4 is 10.6 Å². The third kappa shape index (κ3) is 8.25. The van der Waals surface area contributed by atoms with Gasteiger partial charge in [0.25, 0.3) is 0 Å². The van der Waals surface area contributed by atoms with Crippen LogP contribution in [0.5, 0.6) is 0 Å². The molecule has 8 heteroatoms. The Bertz CT molecular complexity index is 657. The molecule has 1 aromatic carbocycles. The van der Waals surface area contributed by atoms with Gasteiger partial charge in [0.1, 0.15) is 5.82 Å². The minimum absolute atomic E-state index is 0. The van der Waals surface area contributed by atoms with Gasteiger partial charge in [0.15, 0.2) is 5.96 Å². The van der Waals surface area contributed by atoms with Crippen LogP contribution in [0.1, 0.15) is 24.9 Å². The van der Waals surface area contributed by atoms with Gasteiger partial charge in [-0.15, -0.1) is 24.0 Å². The lowest BCUT2D eigenvalue weighted by Gasteiger charge is -2.23. The van der Waals surface area contributed by atoms with Gasteiger partial charge in [0.2, 0.25) is 0 Å². The van der Waals surface area contributed by atoms with Crippen molar-refractivity contribution in [1.29, 1.82) is 0 Å². The number of halogens is 2. The van der Waals surface area contributed by atoms with Crippen molar-refractivity contribution in [3.8, 4) is 0 Å². The molecule has 0 aliphatic heterocycles. The molecule has 0 bridgehead atoms. The van der Waals surface area contributed by atoms with Gasteiger partial charge in [-0.25, -0.2) is 4.39 Å². The van der Waals surface area contributed by atoms with E-state index in [4.69, 9.17) is 4.99 Å². The summed E-state index contributed by atoms with van der Waals surface area (Å²) >= 11 is 0. The summed E-state index contributed by atoms with van der Waals surface area (Å²) in [5.41, 5.74) is 1.05. The number of benzene rings is 1. The van der Waals surface area contributed by atoms with Crippen LogP contribution in [-0.2, 0) is 6.54 Å². The van der Waals surface area contributed by atoms with Crippen LogP contribution in [0.3, 0.4) is 0 Å². The van der Waals surface area contributed by atoms with E-state index in [1.807, 2.05) is 50.1 Å². The number of nitrogens with zero attached hydrogens (tertiary/aromatic N) is 4. The van der Waals surface area contributed by atoms with Gasteiger partial charge < -0.3 is 15.5 Å². The maximum Gasteiger partial charge on any atom is 0.191 e. The molecule has 0 saturated carbocycles. The van der Waals surface area contributed by atoms with Crippen molar-refractivity contribution in [3.63, 3.8) is 0 Å². The Morgan fingerprint density at radius 3 is 2.59 bits per heavy atom. The van der Waals surface area contributed by atoms with E-state index in [2.05, 4.69) is 20.6 Å². The number of hydrogen-bond donors (Lipinski definition) is 2. The summed E-state index contributed by atoms with van der Waals surface area (Å²) in [5.74, 6) is 0.573. The molecule has 0 aliphatic rings. The third-order valence-electron chi connectivity index (χ3n) is 4.06. The topological polar surface area (TPSA) is 57.5 Å². The zero-order valence-electron chi connectivity index (χ0n) is 16.2. The van der Waals surface area contributed by atoms with Crippen LogP contribution in [0.2, 0.25) is 0 Å². The first-order valence-electron chi connectivity index (χ1n) is 9.01. The van der Waals surface area contributed by atoms with Crippen molar-refractivity contribution in [2.24, 2.45) is 4.99 Å². The summed E-state index contributed by atoms with van der Waals surface area (Å²) in [6, 6.07) is 8.65. The second-order valence-corrected chi connectivity index (χ2v) is 6.30. The molecule has 0 amide bonds. The molecule has 0 aliphatic carbocycles. The zero-order valence-corrected chi connectivity index (χ0v) is 18.6. The van der Waals surface area contributed by atoms with Crippen molar-refractivity contribution < 1.29 is 4.39 Å². The maximum absolute atomic E-state index is 13.2. The maximum atomic E-state index is 13.2. The van der Waals surface area contributed by atoms with Crippen LogP contribution in [-0.4, -0.2) is 54.4 Å². The molecule has 1 atom stereocenters. The second kappa shape index (κ2) is 12.7. The molecular weight excluding hydrogens is 458 g/mol. The van der Waals surface area contributed by atoms with E-state index in [1.54, 1.807) is 6.20 Å². The highest BCUT2D eigenvalue weighted by molar-refractivity contribution is 14.0. The predicted octanol–water partition coefficient (Wildman–Crippen LogP) is 2.89. The Balaban J connectivity index is 0.00000364. The van der Waals surface area contributed by atoms with Gasteiger partial charge in [-0.1, -0.05) is 12.1 Å².